The molecule has 0 fully saturated rings. The third kappa shape index (κ3) is 4.25. The number of rotatable bonds is 8. The number of benzene rings is 1. The van der Waals surface area contributed by atoms with Crippen molar-refractivity contribution in [3.8, 4) is 11.5 Å². The summed E-state index contributed by atoms with van der Waals surface area (Å²) in [5.41, 5.74) is 10.8. The highest BCUT2D eigenvalue weighted by Gasteiger charge is 2.31. The van der Waals surface area contributed by atoms with Crippen LogP contribution < -0.4 is 15.2 Å². The molecule has 2 heterocycles. The van der Waals surface area contributed by atoms with Crippen LogP contribution in [-0.2, 0) is 13.0 Å². The number of nitrogens with two attached hydrogens (primary N) is 1. The van der Waals surface area contributed by atoms with Crippen LogP contribution >= 0.6 is 11.3 Å². The van der Waals surface area contributed by atoms with E-state index in [0.29, 0.717) is 30.2 Å². The van der Waals surface area contributed by atoms with Crippen LogP contribution in [0, 0.1) is 6.92 Å². The molecule has 7 heteroatoms. The first-order valence-corrected chi connectivity index (χ1v) is 9.94. The molecule has 6 nitrogen and oxygen atoms in total. The zero-order valence-electron chi connectivity index (χ0n) is 16.4. The quantitative estimate of drug-likeness (QED) is 0.750. The van der Waals surface area contributed by atoms with E-state index in [2.05, 4.69) is 11.9 Å². The summed E-state index contributed by atoms with van der Waals surface area (Å²) in [6.45, 7) is 5.30. The normalized spacial score (nSPS) is 15.6. The first-order valence-electron chi connectivity index (χ1n) is 9.06. The number of aromatic nitrogens is 1. The number of nitrogens with zero attached hydrogens (tertiary/aromatic N) is 2. The molecule has 1 aliphatic heterocycles. The van der Waals surface area contributed by atoms with Crippen LogP contribution in [0.15, 0.2) is 17.6 Å². The Balaban J connectivity index is 1.61. The average molecular weight is 390 g/mol. The van der Waals surface area contributed by atoms with Crippen molar-refractivity contribution in [1.82, 2.24) is 9.88 Å². The van der Waals surface area contributed by atoms with Gasteiger partial charge in [-0.1, -0.05) is 0 Å². The molecule has 0 aliphatic carbocycles. The summed E-state index contributed by atoms with van der Waals surface area (Å²) in [7, 11) is 3.18. The number of amides is 1. The second-order valence-corrected chi connectivity index (χ2v) is 8.30. The number of aryl methyl sites for hydroxylation is 2. The Morgan fingerprint density at radius 1 is 1.26 bits per heavy atom. The molecule has 0 saturated heterocycles. The number of ether oxygens (including phenoxy) is 2. The fraction of sp³-hybridized carbons (Fsp3) is 0.500. The van der Waals surface area contributed by atoms with Gasteiger partial charge in [0.15, 0.2) is 11.5 Å². The van der Waals surface area contributed by atoms with Gasteiger partial charge < -0.3 is 20.1 Å². The molecular weight excluding hydrogens is 362 g/mol. The van der Waals surface area contributed by atoms with Crippen molar-refractivity contribution in [1.29, 1.82) is 0 Å². The monoisotopic (exact) mass is 389 g/mol. The second kappa shape index (κ2) is 7.86. The minimum absolute atomic E-state index is 0.0278. The zero-order chi connectivity index (χ0) is 19.6. The molecule has 146 valence electrons. The van der Waals surface area contributed by atoms with Gasteiger partial charge in [-0.3, -0.25) is 4.79 Å². The summed E-state index contributed by atoms with van der Waals surface area (Å²) in [4.78, 5) is 20.2. The largest absolute Gasteiger partial charge is 0.493 e. The lowest BCUT2D eigenvalue weighted by Crippen LogP contribution is -2.40. The Labute approximate surface area is 164 Å². The number of carbonyl (C=O) groups excluding carboxylic acids is 1. The third-order valence-corrected chi connectivity index (χ3v) is 6.20. The molecule has 1 aromatic carbocycles. The van der Waals surface area contributed by atoms with Gasteiger partial charge in [-0.2, -0.15) is 0 Å². The molecule has 1 amide bonds. The van der Waals surface area contributed by atoms with Gasteiger partial charge in [0.05, 0.1) is 25.4 Å². The molecule has 0 bridgehead atoms. The van der Waals surface area contributed by atoms with Crippen molar-refractivity contribution in [2.75, 3.05) is 20.8 Å². The Morgan fingerprint density at radius 3 is 2.59 bits per heavy atom. The van der Waals surface area contributed by atoms with E-state index in [1.165, 1.54) is 4.88 Å². The smallest absolute Gasteiger partial charge is 0.254 e. The summed E-state index contributed by atoms with van der Waals surface area (Å²) in [6, 6.07) is 3.66. The van der Waals surface area contributed by atoms with Crippen molar-refractivity contribution in [3.05, 3.63) is 39.3 Å². The van der Waals surface area contributed by atoms with Crippen LogP contribution in [0.2, 0.25) is 0 Å². The standard InChI is InChI=1S/C20H27N3O3S/c1-13-18(27-12-22-13)5-6-20(2,21)7-8-23-11-14-9-16(25-3)17(26-4)10-15(14)19(23)24/h9-10,12H,5-8,11,21H2,1-4H3. The first kappa shape index (κ1) is 19.6. The van der Waals surface area contributed by atoms with E-state index in [1.54, 1.807) is 31.6 Å². The van der Waals surface area contributed by atoms with Crippen LogP contribution in [-0.4, -0.2) is 42.1 Å². The predicted octanol–water partition coefficient (Wildman–Crippen LogP) is 3.16. The second-order valence-electron chi connectivity index (χ2n) is 7.36. The van der Waals surface area contributed by atoms with Gasteiger partial charge in [0.25, 0.3) is 5.91 Å². The van der Waals surface area contributed by atoms with Crippen molar-refractivity contribution >= 4 is 17.2 Å². The van der Waals surface area contributed by atoms with Gasteiger partial charge >= 0.3 is 0 Å². The highest BCUT2D eigenvalue weighted by Crippen LogP contribution is 2.35. The van der Waals surface area contributed by atoms with E-state index in [4.69, 9.17) is 15.2 Å². The minimum atomic E-state index is -0.332. The number of hydrogen-bond acceptors (Lipinski definition) is 6. The van der Waals surface area contributed by atoms with E-state index < -0.39 is 0 Å². The molecule has 2 N–H and O–H groups in total. The maximum absolute atomic E-state index is 12.8. The average Bonchev–Trinajstić information content (AvgIpc) is 3.20. The molecule has 1 atom stereocenters. The number of methoxy groups -OCH3 is 2. The van der Waals surface area contributed by atoms with Crippen molar-refractivity contribution in [2.24, 2.45) is 5.73 Å². The fourth-order valence-corrected chi connectivity index (χ4v) is 4.14. The van der Waals surface area contributed by atoms with E-state index in [9.17, 15) is 4.79 Å². The van der Waals surface area contributed by atoms with Crippen LogP contribution in [0.4, 0.5) is 0 Å². The number of fused-ring (bicyclic) bond motifs is 1. The van der Waals surface area contributed by atoms with E-state index in [1.807, 2.05) is 23.4 Å². The Morgan fingerprint density at radius 2 is 1.96 bits per heavy atom. The van der Waals surface area contributed by atoms with Gasteiger partial charge in [0.2, 0.25) is 0 Å². The topological polar surface area (TPSA) is 77.7 Å². The Bertz CT molecular complexity index is 832. The molecule has 27 heavy (non-hydrogen) atoms. The Hall–Kier alpha value is -2.12. The van der Waals surface area contributed by atoms with Gasteiger partial charge in [-0.05, 0) is 50.8 Å². The maximum Gasteiger partial charge on any atom is 0.254 e. The molecule has 1 aliphatic rings. The molecule has 2 aromatic rings. The highest BCUT2D eigenvalue weighted by atomic mass is 32.1. The van der Waals surface area contributed by atoms with Crippen molar-refractivity contribution in [2.45, 2.75) is 45.2 Å². The molecule has 0 radical (unpaired) electrons. The van der Waals surface area contributed by atoms with E-state index in [-0.39, 0.29) is 11.4 Å². The summed E-state index contributed by atoms with van der Waals surface area (Å²) >= 11 is 1.68. The maximum atomic E-state index is 12.8. The van der Waals surface area contributed by atoms with E-state index >= 15 is 0 Å². The van der Waals surface area contributed by atoms with Gasteiger partial charge in [0, 0.05) is 29.1 Å². The third-order valence-electron chi connectivity index (χ3n) is 5.21. The minimum Gasteiger partial charge on any atom is -0.493 e. The summed E-state index contributed by atoms with van der Waals surface area (Å²) < 4.78 is 10.7. The zero-order valence-corrected chi connectivity index (χ0v) is 17.2. The fourth-order valence-electron chi connectivity index (χ4n) is 3.36. The highest BCUT2D eigenvalue weighted by molar-refractivity contribution is 7.09. The molecule has 0 saturated carbocycles. The van der Waals surface area contributed by atoms with Crippen molar-refractivity contribution < 1.29 is 14.3 Å². The molecule has 3 rings (SSSR count). The van der Waals surface area contributed by atoms with Crippen LogP contribution in [0.1, 0.15) is 46.3 Å². The SMILES string of the molecule is COc1cc2c(cc1OC)C(=O)N(CCC(C)(N)CCc1scnc1C)C2. The first-order chi connectivity index (χ1) is 12.8. The van der Waals surface area contributed by atoms with Crippen LogP contribution in [0.3, 0.4) is 0 Å². The van der Waals surface area contributed by atoms with Crippen LogP contribution in [0.25, 0.3) is 0 Å². The summed E-state index contributed by atoms with van der Waals surface area (Å²) in [5.74, 6) is 1.25. The lowest BCUT2D eigenvalue weighted by molar-refractivity contribution is 0.0766. The van der Waals surface area contributed by atoms with Gasteiger partial charge in [0.1, 0.15) is 0 Å². The van der Waals surface area contributed by atoms with E-state index in [0.717, 1.165) is 30.5 Å². The van der Waals surface area contributed by atoms with Gasteiger partial charge in [-0.25, -0.2) is 4.98 Å². The number of carbonyl (C=O) groups is 1. The number of hydrogen-bond donors (Lipinski definition) is 1. The molecule has 1 unspecified atom stereocenters. The molecule has 1 aromatic heterocycles. The van der Waals surface area contributed by atoms with Crippen LogP contribution in [0.5, 0.6) is 11.5 Å². The summed E-state index contributed by atoms with van der Waals surface area (Å²) in [6.07, 6.45) is 2.54. The predicted molar refractivity (Wildman–Crippen MR) is 107 cm³/mol. The molecule has 0 spiro atoms. The lowest BCUT2D eigenvalue weighted by Gasteiger charge is -2.27. The summed E-state index contributed by atoms with van der Waals surface area (Å²) in [5, 5.41) is 0. The number of thiazole rings is 1. The van der Waals surface area contributed by atoms with Gasteiger partial charge in [-0.15, -0.1) is 11.3 Å². The Kier molecular flexibility index (Phi) is 5.72. The molecular formula is C20H27N3O3S. The lowest BCUT2D eigenvalue weighted by atomic mass is 9.92. The van der Waals surface area contributed by atoms with Crippen molar-refractivity contribution in [3.63, 3.8) is 0 Å².